The molecule has 0 aromatic rings. The summed E-state index contributed by atoms with van der Waals surface area (Å²) in [5, 5.41) is 0. The molecule has 15 heavy (non-hydrogen) atoms. The lowest BCUT2D eigenvalue weighted by atomic mass is 10.2. The van der Waals surface area contributed by atoms with Gasteiger partial charge in [0.2, 0.25) is 0 Å². The molecular weight excluding hydrogens is 223 g/mol. The summed E-state index contributed by atoms with van der Waals surface area (Å²) in [4.78, 5) is 0.0496. The molecule has 0 amide bonds. The molecule has 0 bridgehead atoms. The summed E-state index contributed by atoms with van der Waals surface area (Å²) < 4.78 is 66.5. The van der Waals surface area contributed by atoms with Crippen molar-refractivity contribution in [1.29, 1.82) is 0 Å². The van der Waals surface area contributed by atoms with Crippen LogP contribution in [0.1, 0.15) is 0 Å². The SMILES string of the molecule is NCC1CN(C(F)(F)C(F)(F)F)CCO1. The summed E-state index contributed by atoms with van der Waals surface area (Å²) in [5.74, 6) is 0. The van der Waals surface area contributed by atoms with Gasteiger partial charge < -0.3 is 10.5 Å². The van der Waals surface area contributed by atoms with E-state index < -0.39 is 31.4 Å². The van der Waals surface area contributed by atoms with Gasteiger partial charge in [-0.05, 0) is 0 Å². The van der Waals surface area contributed by atoms with Gasteiger partial charge >= 0.3 is 12.2 Å². The van der Waals surface area contributed by atoms with Crippen LogP contribution in [-0.2, 0) is 4.74 Å². The molecule has 0 aliphatic carbocycles. The number of hydrogen-bond donors (Lipinski definition) is 1. The van der Waals surface area contributed by atoms with Crippen molar-refractivity contribution >= 4 is 0 Å². The molecule has 0 aromatic carbocycles. The summed E-state index contributed by atoms with van der Waals surface area (Å²) in [6, 6.07) is -4.82. The molecule has 3 nitrogen and oxygen atoms in total. The Labute approximate surface area is 83.0 Å². The van der Waals surface area contributed by atoms with E-state index in [1.807, 2.05) is 0 Å². The molecule has 1 aliphatic heterocycles. The zero-order valence-corrected chi connectivity index (χ0v) is 7.73. The fourth-order valence-corrected chi connectivity index (χ4v) is 1.30. The van der Waals surface area contributed by atoms with Gasteiger partial charge in [-0.25, -0.2) is 4.90 Å². The highest BCUT2D eigenvalue weighted by atomic mass is 19.4. The molecule has 90 valence electrons. The van der Waals surface area contributed by atoms with Gasteiger partial charge in [-0.1, -0.05) is 0 Å². The van der Waals surface area contributed by atoms with Crippen LogP contribution in [-0.4, -0.2) is 49.5 Å². The van der Waals surface area contributed by atoms with E-state index in [9.17, 15) is 22.0 Å². The first-order valence-corrected chi connectivity index (χ1v) is 4.30. The molecule has 1 fully saturated rings. The second kappa shape index (κ2) is 4.18. The van der Waals surface area contributed by atoms with Gasteiger partial charge in [0.15, 0.2) is 0 Å². The van der Waals surface area contributed by atoms with Gasteiger partial charge in [0.25, 0.3) is 0 Å². The van der Waals surface area contributed by atoms with Gasteiger partial charge in [0.1, 0.15) is 0 Å². The van der Waals surface area contributed by atoms with Crippen molar-refractivity contribution < 1.29 is 26.7 Å². The third-order valence-corrected chi connectivity index (χ3v) is 2.14. The highest BCUT2D eigenvalue weighted by molar-refractivity contribution is 4.82. The maximum absolute atomic E-state index is 12.8. The van der Waals surface area contributed by atoms with Crippen molar-refractivity contribution in [3.63, 3.8) is 0 Å². The molecule has 1 aliphatic rings. The molecule has 0 spiro atoms. The summed E-state index contributed by atoms with van der Waals surface area (Å²) in [5.41, 5.74) is 5.14. The van der Waals surface area contributed by atoms with E-state index in [1.165, 1.54) is 0 Å². The quantitative estimate of drug-likeness (QED) is 0.567. The lowest BCUT2D eigenvalue weighted by Gasteiger charge is -2.37. The normalized spacial score (nSPS) is 25.6. The lowest BCUT2D eigenvalue weighted by Crippen LogP contribution is -2.59. The topological polar surface area (TPSA) is 38.5 Å². The molecule has 2 N–H and O–H groups in total. The Morgan fingerprint density at radius 1 is 1.27 bits per heavy atom. The predicted octanol–water partition coefficient (Wildman–Crippen LogP) is 0.801. The first kappa shape index (κ1) is 12.6. The third-order valence-electron chi connectivity index (χ3n) is 2.14. The van der Waals surface area contributed by atoms with Gasteiger partial charge in [0, 0.05) is 19.6 Å². The van der Waals surface area contributed by atoms with Crippen LogP contribution in [0.5, 0.6) is 0 Å². The molecule has 1 unspecified atom stereocenters. The van der Waals surface area contributed by atoms with Gasteiger partial charge in [0.05, 0.1) is 12.7 Å². The van der Waals surface area contributed by atoms with Crippen molar-refractivity contribution in [2.24, 2.45) is 5.73 Å². The van der Waals surface area contributed by atoms with E-state index in [2.05, 4.69) is 0 Å². The van der Waals surface area contributed by atoms with E-state index >= 15 is 0 Å². The third kappa shape index (κ3) is 2.56. The van der Waals surface area contributed by atoms with Crippen LogP contribution in [0.15, 0.2) is 0 Å². The number of morpholine rings is 1. The maximum Gasteiger partial charge on any atom is 0.469 e. The van der Waals surface area contributed by atoms with Crippen molar-refractivity contribution in [2.75, 3.05) is 26.2 Å². The molecule has 0 saturated carbocycles. The van der Waals surface area contributed by atoms with Crippen LogP contribution in [0, 0.1) is 0 Å². The van der Waals surface area contributed by atoms with E-state index in [4.69, 9.17) is 10.5 Å². The van der Waals surface area contributed by atoms with Crippen LogP contribution in [0.25, 0.3) is 0 Å². The second-order valence-electron chi connectivity index (χ2n) is 3.21. The highest BCUT2D eigenvalue weighted by Gasteiger charge is 2.62. The smallest absolute Gasteiger partial charge is 0.374 e. The Morgan fingerprint density at radius 3 is 2.33 bits per heavy atom. The van der Waals surface area contributed by atoms with Crippen LogP contribution in [0.3, 0.4) is 0 Å². The number of alkyl halides is 5. The average molecular weight is 234 g/mol. The Bertz CT molecular complexity index is 220. The van der Waals surface area contributed by atoms with Crippen molar-refractivity contribution in [2.45, 2.75) is 18.3 Å². The maximum atomic E-state index is 12.8. The minimum absolute atomic E-state index is 0.0496. The van der Waals surface area contributed by atoms with Crippen molar-refractivity contribution in [1.82, 2.24) is 4.90 Å². The Morgan fingerprint density at radius 2 is 1.87 bits per heavy atom. The minimum atomic E-state index is -5.57. The first-order valence-electron chi connectivity index (χ1n) is 4.30. The molecule has 8 heteroatoms. The van der Waals surface area contributed by atoms with Gasteiger partial charge in [-0.15, -0.1) is 0 Å². The monoisotopic (exact) mass is 234 g/mol. The Hall–Kier alpha value is -0.470. The molecule has 1 atom stereocenters. The number of hydrogen-bond acceptors (Lipinski definition) is 3. The summed E-state index contributed by atoms with van der Waals surface area (Å²) in [6.07, 6.45) is -6.34. The fraction of sp³-hybridized carbons (Fsp3) is 1.00. The van der Waals surface area contributed by atoms with Gasteiger partial charge in [-0.3, -0.25) is 0 Å². The minimum Gasteiger partial charge on any atom is -0.374 e. The Kier molecular flexibility index (Phi) is 3.51. The summed E-state index contributed by atoms with van der Waals surface area (Å²) in [7, 11) is 0. The van der Waals surface area contributed by atoms with E-state index in [-0.39, 0.29) is 18.1 Å². The average Bonchev–Trinajstić information content (AvgIpc) is 2.16. The van der Waals surface area contributed by atoms with Crippen LogP contribution < -0.4 is 5.73 Å². The summed E-state index contributed by atoms with van der Waals surface area (Å²) >= 11 is 0. The number of ether oxygens (including phenoxy) is 1. The van der Waals surface area contributed by atoms with Crippen LogP contribution >= 0.6 is 0 Å². The molecular formula is C7H11F5N2O. The summed E-state index contributed by atoms with van der Waals surface area (Å²) in [6.45, 7) is -1.22. The zero-order valence-electron chi connectivity index (χ0n) is 7.73. The fourth-order valence-electron chi connectivity index (χ4n) is 1.30. The van der Waals surface area contributed by atoms with Crippen molar-refractivity contribution in [3.8, 4) is 0 Å². The Balaban J connectivity index is 2.70. The second-order valence-corrected chi connectivity index (χ2v) is 3.21. The number of nitrogens with zero attached hydrogens (tertiary/aromatic N) is 1. The zero-order chi connectivity index (χ0) is 11.7. The highest BCUT2D eigenvalue weighted by Crippen LogP contribution is 2.38. The van der Waals surface area contributed by atoms with Gasteiger partial charge in [-0.2, -0.15) is 22.0 Å². The van der Waals surface area contributed by atoms with Crippen LogP contribution in [0.4, 0.5) is 22.0 Å². The van der Waals surface area contributed by atoms with Crippen molar-refractivity contribution in [3.05, 3.63) is 0 Å². The van der Waals surface area contributed by atoms with Crippen LogP contribution in [0.2, 0.25) is 0 Å². The predicted molar refractivity (Wildman–Crippen MR) is 41.4 cm³/mol. The van der Waals surface area contributed by atoms with E-state index in [1.54, 1.807) is 0 Å². The standard InChI is InChI=1S/C7H11F5N2O/c8-6(9,10)7(11,12)14-1-2-15-5(3-13)4-14/h5H,1-4,13H2. The molecule has 0 radical (unpaired) electrons. The number of nitrogens with two attached hydrogens (primary N) is 1. The number of halogens is 5. The number of rotatable bonds is 2. The lowest BCUT2D eigenvalue weighted by molar-refractivity contribution is -0.348. The molecule has 1 saturated heterocycles. The molecule has 1 rings (SSSR count). The largest absolute Gasteiger partial charge is 0.469 e. The molecule has 1 heterocycles. The first-order chi connectivity index (χ1) is 6.79. The van der Waals surface area contributed by atoms with E-state index in [0.717, 1.165) is 0 Å². The molecule has 0 aromatic heterocycles. The van der Waals surface area contributed by atoms with E-state index in [0.29, 0.717) is 0 Å².